The van der Waals surface area contributed by atoms with Gasteiger partial charge in [0.2, 0.25) is 6.10 Å². The highest BCUT2D eigenvalue weighted by Gasteiger charge is 2.50. The first kappa shape index (κ1) is 29.0. The maximum Gasteiger partial charge on any atom is 0.348 e. The highest BCUT2D eigenvalue weighted by molar-refractivity contribution is 5.96. The van der Waals surface area contributed by atoms with Gasteiger partial charge in [0.15, 0.2) is 0 Å². The average molecular weight is 557 g/mol. The summed E-state index contributed by atoms with van der Waals surface area (Å²) in [5.41, 5.74) is -0.583. The molecule has 41 heavy (non-hydrogen) atoms. The largest absolute Gasteiger partial charge is 0.497 e. The van der Waals surface area contributed by atoms with Crippen LogP contribution in [0.4, 0.5) is 0 Å². The van der Waals surface area contributed by atoms with Gasteiger partial charge in [-0.1, -0.05) is 74.5 Å². The first-order chi connectivity index (χ1) is 19.8. The number of aryl methyl sites for hydroxylation is 2. The standard InChI is InChI=1S/C31H32N4O6/c1-5-25-32-26(6-2)34-30(33-25)41-27(29(37)38)31(21-13-9-7-10-14-21,22-15-11-8-12-16-22)35-28(36)20-17-23(39-3)19-24(18-20)40-4/h7-19,27H,5-6H2,1-4H3,(H,35,36)(H,37,38). The molecule has 0 spiro atoms. The Labute approximate surface area is 238 Å². The number of hydrogen-bond donors (Lipinski definition) is 2. The zero-order chi connectivity index (χ0) is 29.4. The zero-order valence-corrected chi connectivity index (χ0v) is 23.3. The van der Waals surface area contributed by atoms with E-state index in [0.717, 1.165) is 0 Å². The van der Waals surface area contributed by atoms with Crippen molar-refractivity contribution in [1.29, 1.82) is 0 Å². The minimum absolute atomic E-state index is 0.144. The summed E-state index contributed by atoms with van der Waals surface area (Å²) in [6.07, 6.45) is -0.693. The molecule has 0 radical (unpaired) electrons. The maximum absolute atomic E-state index is 14.0. The lowest BCUT2D eigenvalue weighted by molar-refractivity contribution is -0.148. The smallest absolute Gasteiger partial charge is 0.348 e. The Hall–Kier alpha value is -4.99. The topological polar surface area (TPSA) is 133 Å². The van der Waals surface area contributed by atoms with Crippen molar-refractivity contribution in [2.45, 2.75) is 38.3 Å². The van der Waals surface area contributed by atoms with Gasteiger partial charge in [0, 0.05) is 24.5 Å². The Morgan fingerprint density at radius 1 is 0.805 bits per heavy atom. The molecule has 0 fully saturated rings. The normalized spacial score (nSPS) is 11.8. The number of carbonyl (C=O) groups excluding carboxylic acids is 1. The Bertz CT molecular complexity index is 1410. The molecule has 1 amide bonds. The maximum atomic E-state index is 14.0. The Balaban J connectivity index is 1.95. The third-order valence-electron chi connectivity index (χ3n) is 6.56. The van der Waals surface area contributed by atoms with Gasteiger partial charge >= 0.3 is 12.0 Å². The number of carbonyl (C=O) groups is 2. The summed E-state index contributed by atoms with van der Waals surface area (Å²) in [5, 5.41) is 13.7. The van der Waals surface area contributed by atoms with Crippen LogP contribution < -0.4 is 19.5 Å². The molecule has 212 valence electrons. The Kier molecular flexibility index (Phi) is 9.13. The lowest BCUT2D eigenvalue weighted by Crippen LogP contribution is -2.60. The van der Waals surface area contributed by atoms with E-state index in [9.17, 15) is 14.7 Å². The van der Waals surface area contributed by atoms with Gasteiger partial charge in [0.1, 0.15) is 28.7 Å². The van der Waals surface area contributed by atoms with E-state index >= 15 is 0 Å². The van der Waals surface area contributed by atoms with E-state index in [1.54, 1.807) is 78.9 Å². The molecule has 1 heterocycles. The summed E-state index contributed by atoms with van der Waals surface area (Å²) in [5.74, 6) is -0.187. The van der Waals surface area contributed by atoms with Gasteiger partial charge in [-0.05, 0) is 23.3 Å². The molecular weight excluding hydrogens is 524 g/mol. The van der Waals surface area contributed by atoms with Gasteiger partial charge in [-0.2, -0.15) is 9.97 Å². The van der Waals surface area contributed by atoms with Crippen LogP contribution in [0.2, 0.25) is 0 Å². The van der Waals surface area contributed by atoms with Gasteiger partial charge in [-0.15, -0.1) is 0 Å². The van der Waals surface area contributed by atoms with Crippen molar-refractivity contribution < 1.29 is 28.9 Å². The van der Waals surface area contributed by atoms with Gasteiger partial charge < -0.3 is 24.6 Å². The summed E-state index contributed by atoms with van der Waals surface area (Å²) in [7, 11) is 2.96. The summed E-state index contributed by atoms with van der Waals surface area (Å²) in [4.78, 5) is 40.2. The number of rotatable bonds is 12. The molecule has 1 unspecified atom stereocenters. The van der Waals surface area contributed by atoms with E-state index in [0.29, 0.717) is 47.1 Å². The molecule has 0 aliphatic heterocycles. The second kappa shape index (κ2) is 12.9. The van der Waals surface area contributed by atoms with Crippen molar-refractivity contribution in [3.05, 3.63) is 107 Å². The van der Waals surface area contributed by atoms with Gasteiger partial charge in [-0.3, -0.25) is 4.79 Å². The number of ether oxygens (including phenoxy) is 3. The van der Waals surface area contributed by atoms with E-state index in [2.05, 4.69) is 20.3 Å². The first-order valence-corrected chi connectivity index (χ1v) is 13.1. The molecule has 1 aromatic heterocycles. The zero-order valence-electron chi connectivity index (χ0n) is 23.3. The molecule has 0 bridgehead atoms. The molecule has 10 heteroatoms. The lowest BCUT2D eigenvalue weighted by Gasteiger charge is -2.39. The molecule has 3 aromatic carbocycles. The van der Waals surface area contributed by atoms with E-state index < -0.39 is 23.5 Å². The summed E-state index contributed by atoms with van der Waals surface area (Å²) < 4.78 is 16.8. The Morgan fingerprint density at radius 3 is 1.71 bits per heavy atom. The predicted octanol–water partition coefficient (Wildman–Crippen LogP) is 4.22. The van der Waals surface area contributed by atoms with Crippen molar-refractivity contribution in [1.82, 2.24) is 20.3 Å². The van der Waals surface area contributed by atoms with Crippen LogP contribution in [-0.4, -0.2) is 52.3 Å². The fourth-order valence-electron chi connectivity index (χ4n) is 4.51. The molecule has 0 saturated carbocycles. The number of methoxy groups -OCH3 is 2. The van der Waals surface area contributed by atoms with E-state index in [4.69, 9.17) is 14.2 Å². The highest BCUT2D eigenvalue weighted by Crippen LogP contribution is 2.36. The summed E-state index contributed by atoms with van der Waals surface area (Å²) >= 11 is 0. The van der Waals surface area contributed by atoms with Crippen molar-refractivity contribution in [2.24, 2.45) is 0 Å². The fraction of sp³-hybridized carbons (Fsp3) is 0.258. The van der Waals surface area contributed by atoms with Gasteiger partial charge in [0.05, 0.1) is 14.2 Å². The van der Waals surface area contributed by atoms with Crippen LogP contribution in [0.1, 0.15) is 47.0 Å². The van der Waals surface area contributed by atoms with Crippen LogP contribution in [0, 0.1) is 0 Å². The number of benzene rings is 3. The fourth-order valence-corrected chi connectivity index (χ4v) is 4.51. The SMILES string of the molecule is CCc1nc(CC)nc(OC(C(=O)O)C(NC(=O)c2cc(OC)cc(OC)c2)(c2ccccc2)c2ccccc2)n1. The minimum Gasteiger partial charge on any atom is -0.497 e. The summed E-state index contributed by atoms with van der Waals surface area (Å²) in [6.45, 7) is 3.77. The Morgan fingerprint density at radius 2 is 1.29 bits per heavy atom. The van der Waals surface area contributed by atoms with Gasteiger partial charge in [0.25, 0.3) is 5.91 Å². The second-order valence-electron chi connectivity index (χ2n) is 9.09. The van der Waals surface area contributed by atoms with Crippen LogP contribution in [0.5, 0.6) is 17.5 Å². The third kappa shape index (κ3) is 6.27. The molecule has 2 N–H and O–H groups in total. The molecule has 0 saturated heterocycles. The van der Waals surface area contributed by atoms with E-state index in [1.165, 1.54) is 14.2 Å². The molecule has 0 aliphatic rings. The third-order valence-corrected chi connectivity index (χ3v) is 6.56. The van der Waals surface area contributed by atoms with Crippen LogP contribution in [0.3, 0.4) is 0 Å². The summed E-state index contributed by atoms with van der Waals surface area (Å²) in [6, 6.07) is 22.2. The number of nitrogens with one attached hydrogen (secondary N) is 1. The molecule has 1 atom stereocenters. The number of aliphatic carboxylic acids is 1. The number of carboxylic acid groups (broad SMARTS) is 1. The molecule has 10 nitrogen and oxygen atoms in total. The number of hydrogen-bond acceptors (Lipinski definition) is 8. The van der Waals surface area contributed by atoms with Crippen LogP contribution in [-0.2, 0) is 23.2 Å². The van der Waals surface area contributed by atoms with Gasteiger partial charge in [-0.25, -0.2) is 9.78 Å². The van der Waals surface area contributed by atoms with Crippen molar-refractivity contribution >= 4 is 11.9 Å². The number of carboxylic acids is 1. The first-order valence-electron chi connectivity index (χ1n) is 13.1. The average Bonchev–Trinajstić information content (AvgIpc) is 3.02. The molecule has 4 rings (SSSR count). The molecule has 0 aliphatic carbocycles. The highest BCUT2D eigenvalue weighted by atomic mass is 16.5. The van der Waals surface area contributed by atoms with Crippen molar-refractivity contribution in [2.75, 3.05) is 14.2 Å². The lowest BCUT2D eigenvalue weighted by atomic mass is 9.77. The van der Waals surface area contributed by atoms with Crippen molar-refractivity contribution in [3.8, 4) is 17.5 Å². The predicted molar refractivity (Wildman–Crippen MR) is 151 cm³/mol. The monoisotopic (exact) mass is 556 g/mol. The minimum atomic E-state index is -1.73. The quantitative estimate of drug-likeness (QED) is 0.263. The molecular formula is C31H32N4O6. The number of nitrogens with zero attached hydrogens (tertiary/aromatic N) is 3. The van der Waals surface area contributed by atoms with Crippen LogP contribution in [0.15, 0.2) is 78.9 Å². The van der Waals surface area contributed by atoms with E-state index in [-0.39, 0.29) is 11.6 Å². The number of amides is 1. The van der Waals surface area contributed by atoms with Crippen molar-refractivity contribution in [3.63, 3.8) is 0 Å². The van der Waals surface area contributed by atoms with Crippen LogP contribution in [0.25, 0.3) is 0 Å². The van der Waals surface area contributed by atoms with Crippen LogP contribution >= 0.6 is 0 Å². The van der Waals surface area contributed by atoms with E-state index in [1.807, 2.05) is 13.8 Å². The second-order valence-corrected chi connectivity index (χ2v) is 9.09. The number of aromatic nitrogens is 3. The molecule has 4 aromatic rings.